The molecule has 1 saturated heterocycles. The molecule has 2 rings (SSSR count). The van der Waals surface area contributed by atoms with Crippen molar-refractivity contribution in [2.75, 3.05) is 27.9 Å². The van der Waals surface area contributed by atoms with Gasteiger partial charge in [0.15, 0.2) is 17.3 Å². The zero-order valence-electron chi connectivity index (χ0n) is 13.5. The topological polar surface area (TPSA) is 54.0 Å². The van der Waals surface area contributed by atoms with Gasteiger partial charge in [-0.2, -0.15) is 0 Å². The first kappa shape index (κ1) is 16.4. The average molecular weight is 306 g/mol. The first-order valence-electron chi connectivity index (χ1n) is 7.15. The first-order chi connectivity index (χ1) is 10.5. The van der Waals surface area contributed by atoms with E-state index in [1.165, 1.54) is 21.3 Å². The van der Waals surface area contributed by atoms with Crippen LogP contribution in [0.25, 0.3) is 0 Å². The number of benzene rings is 1. The van der Waals surface area contributed by atoms with E-state index >= 15 is 0 Å². The molecule has 0 aliphatic carbocycles. The van der Waals surface area contributed by atoms with Crippen molar-refractivity contribution in [3.63, 3.8) is 0 Å². The van der Waals surface area contributed by atoms with Gasteiger partial charge in [0.1, 0.15) is 0 Å². The Bertz CT molecular complexity index is 560. The lowest BCUT2D eigenvalue weighted by atomic mass is 9.88. The van der Waals surface area contributed by atoms with Gasteiger partial charge in [0.25, 0.3) is 0 Å². The summed E-state index contributed by atoms with van der Waals surface area (Å²) in [5.74, 6) is 1.16. The lowest BCUT2D eigenvalue weighted by Gasteiger charge is -2.25. The van der Waals surface area contributed by atoms with Crippen molar-refractivity contribution in [3.8, 4) is 17.2 Å². The number of Topliss-reactive ketones (excluding diaryl/α,β-unsaturated/α-hetero) is 1. The van der Waals surface area contributed by atoms with Gasteiger partial charge >= 0.3 is 0 Å². The third-order valence-corrected chi connectivity index (χ3v) is 4.06. The lowest BCUT2D eigenvalue weighted by molar-refractivity contribution is 0.0475. The average Bonchev–Trinajstić information content (AvgIpc) is 2.99. The predicted molar refractivity (Wildman–Crippen MR) is 83.2 cm³/mol. The fraction of sp³-hybridized carbons (Fsp3) is 0.471. The fourth-order valence-electron chi connectivity index (χ4n) is 2.64. The summed E-state index contributed by atoms with van der Waals surface area (Å²) < 4.78 is 21.5. The van der Waals surface area contributed by atoms with Crippen molar-refractivity contribution in [1.29, 1.82) is 0 Å². The molecule has 5 nitrogen and oxygen atoms in total. The van der Waals surface area contributed by atoms with Gasteiger partial charge in [-0.3, -0.25) is 4.79 Å². The first-order valence-corrected chi connectivity index (χ1v) is 7.15. The quantitative estimate of drug-likeness (QED) is 0.597. The smallest absolute Gasteiger partial charge is 0.203 e. The van der Waals surface area contributed by atoms with E-state index in [0.29, 0.717) is 35.0 Å². The summed E-state index contributed by atoms with van der Waals surface area (Å²) in [4.78, 5) is 12.7. The van der Waals surface area contributed by atoms with E-state index in [4.69, 9.17) is 18.9 Å². The van der Waals surface area contributed by atoms with E-state index in [9.17, 15) is 4.79 Å². The summed E-state index contributed by atoms with van der Waals surface area (Å²) in [7, 11) is 4.55. The van der Waals surface area contributed by atoms with Gasteiger partial charge in [-0.1, -0.05) is 6.58 Å². The molecule has 120 valence electrons. The molecule has 1 fully saturated rings. The van der Waals surface area contributed by atoms with Crippen LogP contribution < -0.4 is 14.2 Å². The molecule has 22 heavy (non-hydrogen) atoms. The molecule has 1 aliphatic rings. The number of hydrogen-bond acceptors (Lipinski definition) is 5. The highest BCUT2D eigenvalue weighted by molar-refractivity contribution is 6.10. The lowest BCUT2D eigenvalue weighted by Crippen LogP contribution is -2.30. The molecule has 0 bridgehead atoms. The number of ketones is 1. The third kappa shape index (κ3) is 2.81. The maximum atomic E-state index is 12.7. The Morgan fingerprint density at radius 3 is 2.18 bits per heavy atom. The molecule has 0 aromatic heterocycles. The number of ether oxygens (including phenoxy) is 4. The van der Waals surface area contributed by atoms with Crippen LogP contribution in [0.5, 0.6) is 17.2 Å². The Hall–Kier alpha value is -2.01. The summed E-state index contributed by atoms with van der Waals surface area (Å²) in [5, 5.41) is 0. The van der Waals surface area contributed by atoms with Gasteiger partial charge in [-0.15, -0.1) is 0 Å². The molecule has 0 spiro atoms. The molecule has 1 aromatic carbocycles. The van der Waals surface area contributed by atoms with Crippen molar-refractivity contribution in [2.45, 2.75) is 25.4 Å². The molecule has 0 N–H and O–H groups in total. The van der Waals surface area contributed by atoms with Crippen molar-refractivity contribution < 1.29 is 23.7 Å². The van der Waals surface area contributed by atoms with Gasteiger partial charge in [-0.25, -0.2) is 0 Å². The minimum absolute atomic E-state index is 0.177. The highest BCUT2D eigenvalue weighted by atomic mass is 16.5. The predicted octanol–water partition coefficient (Wildman–Crippen LogP) is 3.02. The van der Waals surface area contributed by atoms with E-state index in [1.54, 1.807) is 12.1 Å². The number of methoxy groups -OCH3 is 3. The second-order valence-corrected chi connectivity index (χ2v) is 5.40. The number of carbonyl (C=O) groups excluding carboxylic acids is 1. The van der Waals surface area contributed by atoms with E-state index in [0.717, 1.165) is 12.8 Å². The minimum Gasteiger partial charge on any atom is -0.493 e. The van der Waals surface area contributed by atoms with Crippen LogP contribution in [0.3, 0.4) is 0 Å². The van der Waals surface area contributed by atoms with Gasteiger partial charge in [-0.05, 0) is 31.9 Å². The van der Waals surface area contributed by atoms with Gasteiger partial charge in [0.05, 0.1) is 26.9 Å². The number of carbonyl (C=O) groups is 1. The summed E-state index contributed by atoms with van der Waals surface area (Å²) in [6, 6.07) is 3.26. The van der Waals surface area contributed by atoms with Crippen LogP contribution in [-0.2, 0) is 4.74 Å². The second kappa shape index (κ2) is 6.40. The molecule has 1 atom stereocenters. The summed E-state index contributed by atoms with van der Waals surface area (Å²) >= 11 is 0. The van der Waals surface area contributed by atoms with Crippen LogP contribution >= 0.6 is 0 Å². The van der Waals surface area contributed by atoms with Crippen molar-refractivity contribution >= 4 is 5.78 Å². The zero-order chi connectivity index (χ0) is 16.3. The van der Waals surface area contributed by atoms with E-state index in [-0.39, 0.29) is 5.78 Å². The van der Waals surface area contributed by atoms with E-state index in [1.807, 2.05) is 6.92 Å². The van der Waals surface area contributed by atoms with Crippen molar-refractivity contribution in [3.05, 3.63) is 29.8 Å². The van der Waals surface area contributed by atoms with Crippen molar-refractivity contribution in [1.82, 2.24) is 0 Å². The third-order valence-electron chi connectivity index (χ3n) is 4.06. The number of hydrogen-bond donors (Lipinski definition) is 0. The molecule has 5 heteroatoms. The Kier molecular flexibility index (Phi) is 4.76. The van der Waals surface area contributed by atoms with Crippen LogP contribution in [0.1, 0.15) is 30.1 Å². The maximum absolute atomic E-state index is 12.7. The summed E-state index contributed by atoms with van der Waals surface area (Å²) in [6.45, 7) is 6.50. The summed E-state index contributed by atoms with van der Waals surface area (Å²) in [6.07, 6.45) is 1.72. The van der Waals surface area contributed by atoms with Crippen LogP contribution in [0.2, 0.25) is 0 Å². The molecule has 0 amide bonds. The van der Waals surface area contributed by atoms with Crippen LogP contribution in [0.15, 0.2) is 24.3 Å². The Morgan fingerprint density at radius 2 is 1.77 bits per heavy atom. The van der Waals surface area contributed by atoms with Gasteiger partial charge in [0.2, 0.25) is 5.75 Å². The van der Waals surface area contributed by atoms with Crippen molar-refractivity contribution in [2.24, 2.45) is 0 Å². The molecule has 1 aliphatic heterocycles. The monoisotopic (exact) mass is 306 g/mol. The van der Waals surface area contributed by atoms with Crippen LogP contribution in [0, 0.1) is 0 Å². The van der Waals surface area contributed by atoms with Gasteiger partial charge in [0, 0.05) is 17.7 Å². The van der Waals surface area contributed by atoms with E-state index in [2.05, 4.69) is 6.58 Å². The SMILES string of the molecule is C=C(C(=O)c1cc(OC)c(OC)c(OC)c1)C1(C)CCCO1. The molecule has 0 saturated carbocycles. The Morgan fingerprint density at radius 1 is 1.18 bits per heavy atom. The summed E-state index contributed by atoms with van der Waals surface area (Å²) in [5.41, 5.74) is 0.285. The fourth-order valence-corrected chi connectivity index (χ4v) is 2.64. The highest BCUT2D eigenvalue weighted by Crippen LogP contribution is 2.40. The largest absolute Gasteiger partial charge is 0.493 e. The number of rotatable bonds is 6. The highest BCUT2D eigenvalue weighted by Gasteiger charge is 2.36. The molecule has 0 radical (unpaired) electrons. The van der Waals surface area contributed by atoms with Gasteiger partial charge < -0.3 is 18.9 Å². The molecular weight excluding hydrogens is 284 g/mol. The Labute approximate surface area is 130 Å². The Balaban J connectivity index is 2.39. The maximum Gasteiger partial charge on any atom is 0.203 e. The standard InChI is InChI=1S/C17H22O5/c1-11(17(2)7-6-8-22-17)15(18)12-9-13(19-3)16(21-5)14(10-12)20-4/h9-10H,1,6-8H2,2-5H3. The zero-order valence-corrected chi connectivity index (χ0v) is 13.5. The van der Waals surface area contributed by atoms with E-state index < -0.39 is 5.60 Å². The second-order valence-electron chi connectivity index (χ2n) is 5.40. The molecule has 1 aromatic rings. The molecule has 1 heterocycles. The molecular formula is C17H22O5. The van der Waals surface area contributed by atoms with Crippen LogP contribution in [0.4, 0.5) is 0 Å². The normalized spacial score (nSPS) is 20.5. The minimum atomic E-state index is -0.600. The van der Waals surface area contributed by atoms with Crippen LogP contribution in [-0.4, -0.2) is 39.3 Å². The molecule has 1 unspecified atom stereocenters.